The lowest BCUT2D eigenvalue weighted by Crippen LogP contribution is -2.55. The average molecular weight is 421 g/mol. The standard InChI is InChI=1S/C25H21F2NO3/c26-19-6-1-16(2-7-19)18(15-29)5-14-23-24(17-3-12-22(30)13-4-17)28(25(23)31)21-10-8-20(27)9-11-21/h1-4,6-13,15,18,23-24,30H,5,14H2/t18?,23-,24?/m1/s1. The van der Waals surface area contributed by atoms with Gasteiger partial charge in [-0.1, -0.05) is 24.3 Å². The second kappa shape index (κ2) is 8.68. The quantitative estimate of drug-likeness (QED) is 0.425. The summed E-state index contributed by atoms with van der Waals surface area (Å²) in [6.45, 7) is 0. The predicted molar refractivity (Wildman–Crippen MR) is 113 cm³/mol. The number of aromatic hydroxyl groups is 1. The normalized spacial score (nSPS) is 19.0. The third-order valence-corrected chi connectivity index (χ3v) is 5.80. The Bertz CT molecular complexity index is 1070. The molecule has 1 N–H and O–H groups in total. The lowest BCUT2D eigenvalue weighted by molar-refractivity contribution is -0.131. The van der Waals surface area contributed by atoms with Crippen LogP contribution in [0, 0.1) is 17.6 Å². The number of aldehydes is 1. The van der Waals surface area contributed by atoms with Gasteiger partial charge in [-0.25, -0.2) is 8.78 Å². The number of hydrogen-bond acceptors (Lipinski definition) is 3. The molecule has 4 rings (SSSR count). The van der Waals surface area contributed by atoms with Crippen molar-refractivity contribution >= 4 is 17.9 Å². The van der Waals surface area contributed by atoms with E-state index in [-0.39, 0.29) is 35.3 Å². The maximum Gasteiger partial charge on any atom is 0.233 e. The monoisotopic (exact) mass is 421 g/mol. The first-order valence-electron chi connectivity index (χ1n) is 10.1. The summed E-state index contributed by atoms with van der Waals surface area (Å²) in [5.41, 5.74) is 2.14. The minimum atomic E-state index is -0.436. The van der Waals surface area contributed by atoms with E-state index in [1.54, 1.807) is 53.4 Å². The summed E-state index contributed by atoms with van der Waals surface area (Å²) in [6.07, 6.45) is 1.73. The third kappa shape index (κ3) is 4.19. The Morgan fingerprint density at radius 1 is 0.903 bits per heavy atom. The van der Waals surface area contributed by atoms with Crippen molar-refractivity contribution in [3.63, 3.8) is 0 Å². The number of phenols is 1. The van der Waals surface area contributed by atoms with Gasteiger partial charge in [-0.2, -0.15) is 0 Å². The number of halogens is 2. The Morgan fingerprint density at radius 2 is 1.48 bits per heavy atom. The highest BCUT2D eigenvalue weighted by Crippen LogP contribution is 2.46. The van der Waals surface area contributed by atoms with Crippen molar-refractivity contribution in [2.75, 3.05) is 4.90 Å². The summed E-state index contributed by atoms with van der Waals surface area (Å²) in [4.78, 5) is 26.3. The molecule has 1 amide bonds. The zero-order chi connectivity index (χ0) is 22.0. The van der Waals surface area contributed by atoms with Crippen LogP contribution >= 0.6 is 0 Å². The fourth-order valence-electron chi connectivity index (χ4n) is 4.15. The van der Waals surface area contributed by atoms with E-state index in [1.165, 1.54) is 24.3 Å². The molecule has 1 aliphatic rings. The Balaban J connectivity index is 1.57. The Hall–Kier alpha value is -3.54. The fraction of sp³-hybridized carbons (Fsp3) is 0.200. The molecule has 1 saturated heterocycles. The van der Waals surface area contributed by atoms with Gasteiger partial charge in [-0.05, 0) is 72.5 Å². The van der Waals surface area contributed by atoms with Crippen LogP contribution in [0.25, 0.3) is 0 Å². The van der Waals surface area contributed by atoms with E-state index in [0.29, 0.717) is 24.1 Å². The number of amides is 1. The van der Waals surface area contributed by atoms with Crippen molar-refractivity contribution in [1.29, 1.82) is 0 Å². The Labute approximate surface area is 178 Å². The molecule has 3 aromatic rings. The van der Waals surface area contributed by atoms with Crippen LogP contribution in [-0.2, 0) is 9.59 Å². The number of carbonyl (C=O) groups is 2. The Morgan fingerprint density at radius 3 is 2.06 bits per heavy atom. The molecule has 2 unspecified atom stereocenters. The highest BCUT2D eigenvalue weighted by Gasteiger charge is 2.48. The number of hydrogen-bond donors (Lipinski definition) is 1. The first-order valence-corrected chi connectivity index (χ1v) is 10.1. The van der Waals surface area contributed by atoms with E-state index in [2.05, 4.69) is 0 Å². The van der Waals surface area contributed by atoms with Crippen LogP contribution in [0.4, 0.5) is 14.5 Å². The van der Waals surface area contributed by atoms with Gasteiger partial charge < -0.3 is 14.8 Å². The topological polar surface area (TPSA) is 57.6 Å². The van der Waals surface area contributed by atoms with Gasteiger partial charge in [0.15, 0.2) is 0 Å². The minimum Gasteiger partial charge on any atom is -0.508 e. The minimum absolute atomic E-state index is 0.103. The molecule has 1 heterocycles. The molecule has 158 valence electrons. The molecule has 31 heavy (non-hydrogen) atoms. The third-order valence-electron chi connectivity index (χ3n) is 5.80. The van der Waals surface area contributed by atoms with Crippen molar-refractivity contribution in [3.8, 4) is 5.75 Å². The van der Waals surface area contributed by atoms with Crippen molar-refractivity contribution in [1.82, 2.24) is 0 Å². The zero-order valence-corrected chi connectivity index (χ0v) is 16.6. The van der Waals surface area contributed by atoms with Crippen LogP contribution in [0.3, 0.4) is 0 Å². The second-order valence-corrected chi connectivity index (χ2v) is 7.70. The van der Waals surface area contributed by atoms with E-state index in [1.807, 2.05) is 0 Å². The van der Waals surface area contributed by atoms with Crippen LogP contribution in [0.2, 0.25) is 0 Å². The van der Waals surface area contributed by atoms with E-state index in [9.17, 15) is 23.5 Å². The maximum absolute atomic E-state index is 13.4. The smallest absolute Gasteiger partial charge is 0.233 e. The SMILES string of the molecule is O=CC(CC[C@H]1C(=O)N(c2ccc(F)cc2)C1c1ccc(O)cc1)c1ccc(F)cc1. The summed E-state index contributed by atoms with van der Waals surface area (Å²) in [5.74, 6) is -1.54. The molecule has 0 aliphatic carbocycles. The van der Waals surface area contributed by atoms with E-state index < -0.39 is 5.92 Å². The van der Waals surface area contributed by atoms with Crippen molar-refractivity contribution < 1.29 is 23.5 Å². The van der Waals surface area contributed by atoms with Crippen LogP contribution in [0.5, 0.6) is 5.75 Å². The van der Waals surface area contributed by atoms with Gasteiger partial charge in [-0.15, -0.1) is 0 Å². The van der Waals surface area contributed by atoms with E-state index in [0.717, 1.165) is 11.8 Å². The van der Waals surface area contributed by atoms with Gasteiger partial charge in [-0.3, -0.25) is 4.79 Å². The lowest BCUT2D eigenvalue weighted by Gasteiger charge is -2.48. The number of β-lactam (4-membered cyclic amide) rings is 1. The molecule has 6 heteroatoms. The van der Waals surface area contributed by atoms with Crippen LogP contribution < -0.4 is 4.90 Å². The lowest BCUT2D eigenvalue weighted by atomic mass is 9.77. The van der Waals surface area contributed by atoms with Gasteiger partial charge >= 0.3 is 0 Å². The highest BCUT2D eigenvalue weighted by molar-refractivity contribution is 6.03. The summed E-state index contributed by atoms with van der Waals surface area (Å²) in [5, 5.41) is 9.63. The summed E-state index contributed by atoms with van der Waals surface area (Å²) < 4.78 is 26.6. The van der Waals surface area contributed by atoms with Gasteiger partial charge in [0.05, 0.1) is 12.0 Å². The summed E-state index contributed by atoms with van der Waals surface area (Å²) in [6, 6.07) is 17.9. The molecule has 0 spiro atoms. The van der Waals surface area contributed by atoms with Gasteiger partial charge in [0.25, 0.3) is 0 Å². The molecule has 3 aromatic carbocycles. The van der Waals surface area contributed by atoms with Crippen molar-refractivity contribution in [3.05, 3.63) is 95.6 Å². The molecule has 1 fully saturated rings. The molecule has 3 atom stereocenters. The number of phenolic OH excluding ortho intramolecular Hbond substituents is 1. The van der Waals surface area contributed by atoms with Crippen LogP contribution in [0.1, 0.15) is 35.9 Å². The van der Waals surface area contributed by atoms with Gasteiger partial charge in [0, 0.05) is 11.6 Å². The fourth-order valence-corrected chi connectivity index (χ4v) is 4.15. The maximum atomic E-state index is 13.4. The predicted octanol–water partition coefficient (Wildman–Crippen LogP) is 5.14. The number of rotatable bonds is 7. The zero-order valence-electron chi connectivity index (χ0n) is 16.6. The van der Waals surface area contributed by atoms with Gasteiger partial charge in [0.2, 0.25) is 5.91 Å². The number of carbonyl (C=O) groups excluding carboxylic acids is 2. The second-order valence-electron chi connectivity index (χ2n) is 7.70. The first-order chi connectivity index (χ1) is 15.0. The Kier molecular flexibility index (Phi) is 5.80. The molecular weight excluding hydrogens is 400 g/mol. The number of benzene rings is 3. The van der Waals surface area contributed by atoms with Crippen molar-refractivity contribution in [2.24, 2.45) is 5.92 Å². The largest absolute Gasteiger partial charge is 0.508 e. The molecule has 4 nitrogen and oxygen atoms in total. The summed E-state index contributed by atoms with van der Waals surface area (Å²) >= 11 is 0. The molecule has 0 saturated carbocycles. The molecule has 1 aliphatic heterocycles. The van der Waals surface area contributed by atoms with E-state index in [4.69, 9.17) is 0 Å². The van der Waals surface area contributed by atoms with Crippen molar-refractivity contribution in [2.45, 2.75) is 24.8 Å². The van der Waals surface area contributed by atoms with E-state index >= 15 is 0 Å². The first kappa shape index (κ1) is 20.7. The van der Waals surface area contributed by atoms with Crippen LogP contribution in [-0.4, -0.2) is 17.3 Å². The van der Waals surface area contributed by atoms with Gasteiger partial charge in [0.1, 0.15) is 23.7 Å². The molecular formula is C25H21F2NO3. The number of nitrogens with zero attached hydrogens (tertiary/aromatic N) is 1. The van der Waals surface area contributed by atoms with Crippen LogP contribution in [0.15, 0.2) is 72.8 Å². The molecule has 0 bridgehead atoms. The highest BCUT2D eigenvalue weighted by atomic mass is 19.1. The summed E-state index contributed by atoms with van der Waals surface area (Å²) in [7, 11) is 0. The molecule has 0 radical (unpaired) electrons. The average Bonchev–Trinajstić information content (AvgIpc) is 2.78. The number of anilines is 1. The molecule has 0 aromatic heterocycles.